The van der Waals surface area contributed by atoms with Gasteiger partial charge in [-0.15, -0.1) is 0 Å². The summed E-state index contributed by atoms with van der Waals surface area (Å²) in [7, 11) is 1.51. The van der Waals surface area contributed by atoms with Crippen LogP contribution < -0.4 is 14.8 Å². The van der Waals surface area contributed by atoms with Gasteiger partial charge >= 0.3 is 0 Å². The summed E-state index contributed by atoms with van der Waals surface area (Å²) >= 11 is 12.4. The van der Waals surface area contributed by atoms with Gasteiger partial charge in [-0.2, -0.15) is 0 Å². The van der Waals surface area contributed by atoms with Crippen LogP contribution in [-0.4, -0.2) is 24.9 Å². The van der Waals surface area contributed by atoms with Crippen molar-refractivity contribution in [3.8, 4) is 11.5 Å². The number of halogens is 3. The molecule has 0 bridgehead atoms. The molecule has 1 atom stereocenters. The average molecular weight is 402 g/mol. The molecule has 2 aromatic carbocycles. The Morgan fingerprint density at radius 3 is 2.62 bits per heavy atom. The summed E-state index contributed by atoms with van der Waals surface area (Å²) in [6.07, 6.45) is 0.811. The van der Waals surface area contributed by atoms with E-state index in [1.165, 1.54) is 19.2 Å². The summed E-state index contributed by atoms with van der Waals surface area (Å²) in [6.45, 7) is 2.51. The molecule has 4 nitrogen and oxygen atoms in total. The van der Waals surface area contributed by atoms with Crippen molar-refractivity contribution in [3.05, 3.63) is 57.3 Å². The zero-order chi connectivity index (χ0) is 19.1. The van der Waals surface area contributed by atoms with Crippen LogP contribution in [-0.2, 0) is 13.2 Å². The maximum absolute atomic E-state index is 13.9. The van der Waals surface area contributed by atoms with Gasteiger partial charge in [0, 0.05) is 18.2 Å². The van der Waals surface area contributed by atoms with Gasteiger partial charge in [-0.1, -0.05) is 36.2 Å². The molecule has 2 rings (SSSR count). The first-order valence-corrected chi connectivity index (χ1v) is 9.02. The van der Waals surface area contributed by atoms with E-state index in [1.54, 1.807) is 18.2 Å². The van der Waals surface area contributed by atoms with Crippen molar-refractivity contribution in [2.45, 2.75) is 32.5 Å². The highest BCUT2D eigenvalue weighted by molar-refractivity contribution is 6.32. The Morgan fingerprint density at radius 1 is 1.23 bits per heavy atom. The van der Waals surface area contributed by atoms with E-state index in [-0.39, 0.29) is 29.8 Å². The van der Waals surface area contributed by atoms with E-state index < -0.39 is 5.82 Å². The molecule has 0 aliphatic heterocycles. The monoisotopic (exact) mass is 401 g/mol. The normalized spacial score (nSPS) is 12.1. The number of benzene rings is 2. The van der Waals surface area contributed by atoms with Crippen LogP contribution in [0.4, 0.5) is 4.39 Å². The molecule has 2 N–H and O–H groups in total. The van der Waals surface area contributed by atoms with E-state index in [9.17, 15) is 9.50 Å². The molecule has 0 spiro atoms. The molecule has 0 amide bonds. The standard InChI is InChI=1S/C19H22Cl2FNO3/c1-3-13(10-24)23-9-12-7-16(21)19(18(8-12)25-2)26-11-14-15(20)5-4-6-17(14)22/h4-8,13,23-24H,3,9-11H2,1-2H3/t13-/m0/s1. The minimum atomic E-state index is -0.442. The van der Waals surface area contributed by atoms with Gasteiger partial charge in [-0.05, 0) is 36.2 Å². The topological polar surface area (TPSA) is 50.7 Å². The van der Waals surface area contributed by atoms with E-state index in [2.05, 4.69) is 5.32 Å². The Labute approximate surface area is 162 Å². The second-order valence-electron chi connectivity index (χ2n) is 5.77. The van der Waals surface area contributed by atoms with Gasteiger partial charge in [0.25, 0.3) is 0 Å². The van der Waals surface area contributed by atoms with Crippen LogP contribution in [0, 0.1) is 5.82 Å². The SMILES string of the molecule is CC[C@@H](CO)NCc1cc(Cl)c(OCc2c(F)cccc2Cl)c(OC)c1. The maximum Gasteiger partial charge on any atom is 0.180 e. The molecule has 0 saturated carbocycles. The molecule has 7 heteroatoms. The van der Waals surface area contributed by atoms with Crippen molar-refractivity contribution < 1.29 is 19.0 Å². The first kappa shape index (κ1) is 20.8. The smallest absolute Gasteiger partial charge is 0.180 e. The Hall–Kier alpha value is -1.53. The van der Waals surface area contributed by atoms with E-state index in [4.69, 9.17) is 32.7 Å². The molecule has 0 radical (unpaired) electrons. The molecular weight excluding hydrogens is 380 g/mol. The van der Waals surface area contributed by atoms with Crippen molar-refractivity contribution in [1.29, 1.82) is 0 Å². The maximum atomic E-state index is 13.9. The number of nitrogens with one attached hydrogen (secondary N) is 1. The molecular formula is C19H22Cl2FNO3. The number of hydrogen-bond acceptors (Lipinski definition) is 4. The van der Waals surface area contributed by atoms with Gasteiger partial charge in [0.2, 0.25) is 0 Å². The number of ether oxygens (including phenoxy) is 2. The zero-order valence-electron chi connectivity index (χ0n) is 14.7. The van der Waals surface area contributed by atoms with E-state index in [1.807, 2.05) is 6.92 Å². The van der Waals surface area contributed by atoms with Crippen molar-refractivity contribution >= 4 is 23.2 Å². The summed E-state index contributed by atoms with van der Waals surface area (Å²) in [4.78, 5) is 0. The lowest BCUT2D eigenvalue weighted by atomic mass is 10.1. The lowest BCUT2D eigenvalue weighted by molar-refractivity contribution is 0.238. The van der Waals surface area contributed by atoms with Gasteiger partial charge in [-0.25, -0.2) is 4.39 Å². The predicted octanol–water partition coefficient (Wildman–Crippen LogP) is 4.58. The van der Waals surface area contributed by atoms with Crippen LogP contribution in [0.3, 0.4) is 0 Å². The number of methoxy groups -OCH3 is 1. The quantitative estimate of drug-likeness (QED) is 0.645. The molecule has 26 heavy (non-hydrogen) atoms. The third-order valence-corrected chi connectivity index (χ3v) is 4.65. The molecule has 142 valence electrons. The Morgan fingerprint density at radius 2 is 2.00 bits per heavy atom. The van der Waals surface area contributed by atoms with E-state index >= 15 is 0 Å². The van der Waals surface area contributed by atoms with Crippen molar-refractivity contribution in [1.82, 2.24) is 5.32 Å². The molecule has 0 unspecified atom stereocenters. The average Bonchev–Trinajstić information content (AvgIpc) is 2.63. The fourth-order valence-corrected chi connectivity index (χ4v) is 2.94. The van der Waals surface area contributed by atoms with Crippen molar-refractivity contribution in [2.75, 3.05) is 13.7 Å². The fraction of sp³-hybridized carbons (Fsp3) is 0.368. The number of rotatable bonds is 9. The zero-order valence-corrected chi connectivity index (χ0v) is 16.2. The number of aliphatic hydroxyl groups is 1. The highest BCUT2D eigenvalue weighted by Gasteiger charge is 2.15. The summed E-state index contributed by atoms with van der Waals surface area (Å²) in [5, 5.41) is 13.1. The van der Waals surface area contributed by atoms with E-state index in [0.29, 0.717) is 23.1 Å². The second kappa shape index (κ2) is 9.97. The van der Waals surface area contributed by atoms with Gasteiger partial charge in [0.05, 0.1) is 23.8 Å². The third kappa shape index (κ3) is 5.24. The first-order chi connectivity index (χ1) is 12.5. The van der Waals surface area contributed by atoms with Crippen LogP contribution >= 0.6 is 23.2 Å². The largest absolute Gasteiger partial charge is 0.493 e. The molecule has 0 fully saturated rings. The summed E-state index contributed by atoms with van der Waals surface area (Å²) < 4.78 is 24.9. The minimum Gasteiger partial charge on any atom is -0.493 e. The molecule has 0 aliphatic carbocycles. The number of hydrogen-bond donors (Lipinski definition) is 2. The Balaban J connectivity index is 2.16. The van der Waals surface area contributed by atoms with Crippen molar-refractivity contribution in [3.63, 3.8) is 0 Å². The highest BCUT2D eigenvalue weighted by atomic mass is 35.5. The van der Waals surface area contributed by atoms with Gasteiger partial charge in [-0.3, -0.25) is 0 Å². The summed E-state index contributed by atoms with van der Waals surface area (Å²) in [5.74, 6) is 0.327. The molecule has 0 heterocycles. The number of aliphatic hydroxyl groups excluding tert-OH is 1. The van der Waals surface area contributed by atoms with Crippen LogP contribution in [0.2, 0.25) is 10.0 Å². The van der Waals surface area contributed by atoms with Crippen LogP contribution in [0.5, 0.6) is 11.5 Å². The predicted molar refractivity (Wildman–Crippen MR) is 102 cm³/mol. The van der Waals surface area contributed by atoms with Crippen LogP contribution in [0.15, 0.2) is 30.3 Å². The lowest BCUT2D eigenvalue weighted by Gasteiger charge is -2.17. The van der Waals surface area contributed by atoms with Crippen molar-refractivity contribution in [2.24, 2.45) is 0 Å². The first-order valence-electron chi connectivity index (χ1n) is 8.26. The molecule has 0 aromatic heterocycles. The fourth-order valence-electron chi connectivity index (χ4n) is 2.43. The second-order valence-corrected chi connectivity index (χ2v) is 6.58. The van der Waals surface area contributed by atoms with Gasteiger partial charge in [0.15, 0.2) is 11.5 Å². The Kier molecular flexibility index (Phi) is 7.97. The van der Waals surface area contributed by atoms with Crippen LogP contribution in [0.1, 0.15) is 24.5 Å². The van der Waals surface area contributed by atoms with Gasteiger partial charge < -0.3 is 19.9 Å². The highest BCUT2D eigenvalue weighted by Crippen LogP contribution is 2.37. The van der Waals surface area contributed by atoms with Crippen LogP contribution in [0.25, 0.3) is 0 Å². The molecule has 2 aromatic rings. The molecule has 0 aliphatic rings. The Bertz CT molecular complexity index is 719. The summed E-state index contributed by atoms with van der Waals surface area (Å²) in [6, 6.07) is 8.01. The third-order valence-electron chi connectivity index (χ3n) is 4.02. The van der Waals surface area contributed by atoms with E-state index in [0.717, 1.165) is 12.0 Å². The minimum absolute atomic E-state index is 0.0129. The van der Waals surface area contributed by atoms with Gasteiger partial charge in [0.1, 0.15) is 12.4 Å². The molecule has 0 saturated heterocycles. The summed E-state index contributed by atoms with van der Waals surface area (Å²) in [5.41, 5.74) is 1.14. The lowest BCUT2D eigenvalue weighted by Crippen LogP contribution is -2.31.